The third-order valence-electron chi connectivity index (χ3n) is 5.31. The molecule has 1 N–H and O–H groups in total. The average Bonchev–Trinajstić information content (AvgIpc) is 3.29. The van der Waals surface area contributed by atoms with Crippen LogP contribution in [0.1, 0.15) is 52.7 Å². The lowest BCUT2D eigenvalue weighted by Gasteiger charge is -2.21. The van der Waals surface area contributed by atoms with Gasteiger partial charge in [-0.05, 0) is 55.7 Å². The van der Waals surface area contributed by atoms with Crippen molar-refractivity contribution in [2.75, 3.05) is 18.5 Å². The van der Waals surface area contributed by atoms with E-state index in [9.17, 15) is 9.59 Å². The third-order valence-corrected chi connectivity index (χ3v) is 6.48. The lowest BCUT2D eigenvalue weighted by atomic mass is 9.87. The number of carbonyl (C=O) groups excluding carboxylic acids is 2. The SMILES string of the molecule is C[C@H]1CCc2c(sc(NC(=O)C3CCOCC3)c2C(=O)c2ccco2)C1. The first kappa shape index (κ1) is 17.5. The van der Waals surface area contributed by atoms with Gasteiger partial charge in [0.05, 0.1) is 11.8 Å². The summed E-state index contributed by atoms with van der Waals surface area (Å²) in [6.07, 6.45) is 5.88. The molecule has 1 amide bonds. The van der Waals surface area contributed by atoms with Gasteiger partial charge >= 0.3 is 0 Å². The van der Waals surface area contributed by atoms with E-state index >= 15 is 0 Å². The number of thiophene rings is 1. The van der Waals surface area contributed by atoms with Gasteiger partial charge in [0.25, 0.3) is 0 Å². The fourth-order valence-electron chi connectivity index (χ4n) is 3.78. The average molecular weight is 373 g/mol. The standard InChI is InChI=1S/C20H23NO4S/c1-12-4-5-14-16(11-12)26-20(17(14)18(22)15-3-2-8-25-15)21-19(23)13-6-9-24-10-7-13/h2-3,8,12-13H,4-7,9-11H2,1H3,(H,21,23)/t12-/m0/s1. The van der Waals surface area contributed by atoms with Crippen LogP contribution >= 0.6 is 11.3 Å². The number of anilines is 1. The number of carbonyl (C=O) groups is 2. The lowest BCUT2D eigenvalue weighted by molar-refractivity contribution is -0.122. The fraction of sp³-hybridized carbons (Fsp3) is 0.500. The molecule has 0 radical (unpaired) electrons. The maximum absolute atomic E-state index is 13.0. The summed E-state index contributed by atoms with van der Waals surface area (Å²) in [7, 11) is 0. The second-order valence-electron chi connectivity index (χ2n) is 7.24. The zero-order valence-electron chi connectivity index (χ0n) is 14.9. The number of ether oxygens (including phenoxy) is 1. The molecule has 2 aromatic rings. The van der Waals surface area contributed by atoms with Crippen LogP contribution in [0.5, 0.6) is 0 Å². The molecule has 4 rings (SSSR count). The quantitative estimate of drug-likeness (QED) is 0.821. The van der Waals surface area contributed by atoms with E-state index in [0.29, 0.717) is 35.5 Å². The number of nitrogens with one attached hydrogen (secondary N) is 1. The Morgan fingerprint density at radius 2 is 2.04 bits per heavy atom. The number of furan rings is 1. The van der Waals surface area contributed by atoms with E-state index in [1.165, 1.54) is 11.1 Å². The van der Waals surface area contributed by atoms with Crippen molar-refractivity contribution in [2.45, 2.75) is 39.0 Å². The van der Waals surface area contributed by atoms with Gasteiger partial charge in [0.15, 0.2) is 5.76 Å². The van der Waals surface area contributed by atoms with E-state index in [4.69, 9.17) is 9.15 Å². The van der Waals surface area contributed by atoms with Crippen LogP contribution in [-0.2, 0) is 22.4 Å². The summed E-state index contributed by atoms with van der Waals surface area (Å²) >= 11 is 1.56. The Hall–Kier alpha value is -1.92. The molecule has 0 aromatic carbocycles. The second-order valence-corrected chi connectivity index (χ2v) is 8.34. The Labute approximate surface area is 156 Å². The number of ketones is 1. The number of fused-ring (bicyclic) bond motifs is 1. The van der Waals surface area contributed by atoms with E-state index in [-0.39, 0.29) is 17.6 Å². The number of amides is 1. The molecule has 0 spiro atoms. The molecular formula is C20H23NO4S. The Bertz CT molecular complexity index is 802. The van der Waals surface area contributed by atoms with Gasteiger partial charge in [0.1, 0.15) is 5.00 Å². The summed E-state index contributed by atoms with van der Waals surface area (Å²) < 4.78 is 10.7. The summed E-state index contributed by atoms with van der Waals surface area (Å²) in [5.74, 6) is 0.740. The van der Waals surface area contributed by atoms with E-state index < -0.39 is 0 Å². The van der Waals surface area contributed by atoms with Gasteiger partial charge in [-0.1, -0.05) is 6.92 Å². The molecular weight excluding hydrogens is 350 g/mol. The highest BCUT2D eigenvalue weighted by atomic mass is 32.1. The normalized spacial score (nSPS) is 20.6. The largest absolute Gasteiger partial charge is 0.461 e. The molecule has 1 fully saturated rings. The molecule has 5 nitrogen and oxygen atoms in total. The van der Waals surface area contributed by atoms with Crippen LogP contribution in [0.4, 0.5) is 5.00 Å². The Morgan fingerprint density at radius 3 is 2.77 bits per heavy atom. The van der Waals surface area contributed by atoms with Crippen LogP contribution in [0.15, 0.2) is 22.8 Å². The maximum Gasteiger partial charge on any atom is 0.231 e. The molecule has 0 unspecified atom stereocenters. The van der Waals surface area contributed by atoms with Crippen molar-refractivity contribution < 1.29 is 18.7 Å². The molecule has 3 heterocycles. The van der Waals surface area contributed by atoms with E-state index in [1.54, 1.807) is 23.5 Å². The third kappa shape index (κ3) is 3.35. The summed E-state index contributed by atoms with van der Waals surface area (Å²) in [5.41, 5.74) is 1.73. The van der Waals surface area contributed by atoms with Crippen molar-refractivity contribution in [3.8, 4) is 0 Å². The minimum atomic E-state index is -0.135. The van der Waals surface area contributed by atoms with Crippen molar-refractivity contribution in [3.05, 3.63) is 40.2 Å². The predicted octanol–water partition coefficient (Wildman–Crippen LogP) is 4.06. The summed E-state index contributed by atoms with van der Waals surface area (Å²) in [4.78, 5) is 27.0. The Morgan fingerprint density at radius 1 is 1.23 bits per heavy atom. The zero-order chi connectivity index (χ0) is 18.1. The highest BCUT2D eigenvalue weighted by Gasteiger charge is 2.31. The topological polar surface area (TPSA) is 68.5 Å². The summed E-state index contributed by atoms with van der Waals surface area (Å²) in [6, 6.07) is 3.40. The van der Waals surface area contributed by atoms with Crippen LogP contribution in [0.3, 0.4) is 0 Å². The monoisotopic (exact) mass is 373 g/mol. The Kier molecular flexibility index (Phi) is 4.96. The van der Waals surface area contributed by atoms with Gasteiger partial charge in [-0.3, -0.25) is 9.59 Å². The number of hydrogen-bond acceptors (Lipinski definition) is 5. The molecule has 1 aliphatic carbocycles. The fourth-order valence-corrected chi connectivity index (χ4v) is 5.19. The molecule has 26 heavy (non-hydrogen) atoms. The molecule has 0 saturated carbocycles. The smallest absolute Gasteiger partial charge is 0.231 e. The highest BCUT2D eigenvalue weighted by molar-refractivity contribution is 7.17. The van der Waals surface area contributed by atoms with Crippen LogP contribution in [0.2, 0.25) is 0 Å². The molecule has 2 aromatic heterocycles. The van der Waals surface area contributed by atoms with Crippen molar-refractivity contribution in [2.24, 2.45) is 11.8 Å². The van der Waals surface area contributed by atoms with Crippen LogP contribution in [-0.4, -0.2) is 24.9 Å². The maximum atomic E-state index is 13.0. The molecule has 1 aliphatic heterocycles. The lowest BCUT2D eigenvalue weighted by Crippen LogP contribution is -2.28. The van der Waals surface area contributed by atoms with Crippen molar-refractivity contribution in [1.82, 2.24) is 0 Å². The molecule has 0 bridgehead atoms. The predicted molar refractivity (Wildman–Crippen MR) is 99.8 cm³/mol. The van der Waals surface area contributed by atoms with Crippen molar-refractivity contribution >= 4 is 28.0 Å². The van der Waals surface area contributed by atoms with Gasteiger partial charge in [0.2, 0.25) is 11.7 Å². The number of hydrogen-bond donors (Lipinski definition) is 1. The van der Waals surface area contributed by atoms with Gasteiger partial charge in [-0.25, -0.2) is 0 Å². The second kappa shape index (κ2) is 7.37. The molecule has 1 saturated heterocycles. The van der Waals surface area contributed by atoms with Crippen LogP contribution < -0.4 is 5.32 Å². The summed E-state index contributed by atoms with van der Waals surface area (Å²) in [6.45, 7) is 3.47. The molecule has 138 valence electrons. The van der Waals surface area contributed by atoms with Crippen LogP contribution in [0, 0.1) is 11.8 Å². The van der Waals surface area contributed by atoms with E-state index in [2.05, 4.69) is 12.2 Å². The minimum absolute atomic E-state index is 0.00607. The number of rotatable bonds is 4. The van der Waals surface area contributed by atoms with Gasteiger partial charge in [-0.2, -0.15) is 0 Å². The highest BCUT2D eigenvalue weighted by Crippen LogP contribution is 2.41. The van der Waals surface area contributed by atoms with Gasteiger partial charge in [0, 0.05) is 24.0 Å². The zero-order valence-corrected chi connectivity index (χ0v) is 15.7. The first-order chi connectivity index (χ1) is 12.6. The van der Waals surface area contributed by atoms with E-state index in [1.807, 2.05) is 0 Å². The van der Waals surface area contributed by atoms with Crippen molar-refractivity contribution in [1.29, 1.82) is 0 Å². The molecule has 1 atom stereocenters. The molecule has 2 aliphatic rings. The summed E-state index contributed by atoms with van der Waals surface area (Å²) in [5, 5.41) is 3.74. The van der Waals surface area contributed by atoms with Crippen LogP contribution in [0.25, 0.3) is 0 Å². The van der Waals surface area contributed by atoms with E-state index in [0.717, 1.165) is 37.7 Å². The molecule has 6 heteroatoms. The first-order valence-electron chi connectivity index (χ1n) is 9.25. The first-order valence-corrected chi connectivity index (χ1v) is 10.1. The van der Waals surface area contributed by atoms with Crippen molar-refractivity contribution in [3.63, 3.8) is 0 Å². The Balaban J connectivity index is 1.66. The minimum Gasteiger partial charge on any atom is -0.461 e. The van der Waals surface area contributed by atoms with Gasteiger partial charge in [-0.15, -0.1) is 11.3 Å². The van der Waals surface area contributed by atoms with Gasteiger partial charge < -0.3 is 14.5 Å².